The number of nitrogens with two attached hydrogens (primary N) is 1. The number of hydrogen-bond acceptors (Lipinski definition) is 16. The molecule has 76 heavy (non-hydrogen) atoms. The minimum atomic E-state index is -2.66. The number of phenolic OH excluding ortho intramolecular Hbond substituents is 1. The minimum absolute atomic E-state index is 0.00133. The molecule has 2 bridgehead atoms. The Hall–Kier alpha value is -6.64. The van der Waals surface area contributed by atoms with Gasteiger partial charge in [0.25, 0.3) is 11.8 Å². The maximum absolute atomic E-state index is 14.2. The molecule has 5 N–H and O–H groups in total. The smallest absolute Gasteiger partial charge is 0.255 e. The van der Waals surface area contributed by atoms with Crippen LogP contribution in [0, 0.1) is 5.92 Å². The van der Waals surface area contributed by atoms with Crippen molar-refractivity contribution in [1.29, 1.82) is 0 Å². The molecule has 2 saturated carbocycles. The van der Waals surface area contributed by atoms with Crippen molar-refractivity contribution in [2.24, 2.45) is 5.92 Å². The lowest BCUT2D eigenvalue weighted by atomic mass is 9.91. The number of benzene rings is 2. The molecule has 0 spiro atoms. The summed E-state index contributed by atoms with van der Waals surface area (Å²) in [5.74, 6) is -3.42. The lowest BCUT2D eigenvalue weighted by Gasteiger charge is -2.43. The van der Waals surface area contributed by atoms with Gasteiger partial charge < -0.3 is 54.7 Å². The number of nitrogens with zero attached hydrogens (tertiary/aromatic N) is 8. The van der Waals surface area contributed by atoms with E-state index < -0.39 is 41.9 Å². The minimum Gasteiger partial charge on any atom is -0.507 e. The number of amides is 2. The number of β-amino-alcohol motifs (C(OH)–C–C–N with tert-alkyl or cyclic N) is 1. The van der Waals surface area contributed by atoms with E-state index in [0.29, 0.717) is 47.4 Å². The number of likely N-dealkylation sites (tertiary alicyclic amines) is 2. The standard InChI is InChI=1S/C56H68F2N10O8/c1-32(2)52(55(72)67-31-39(69)23-47(67)54(71)61-33(3)34-8-10-35(11-9-34)44-28-56(44,57)58)49-27-51(64-76-49)73-21-20-65-18-15-40(16-19-65)74-41-24-42(25-41)75-50-22-36(14-17-60-50)68-37-12-13-38(68)30-66(29-37)46-26-45(62-63-53(46)59)43-6-4-5-7-48(43)70/h4-11,14,17,22,26-27,32-33,37-42,44,47,52,69-70H,12-13,15-16,18-21,23-25,28-31H2,1-3H3,(H2,59,63)(H,61,71)/t33-,37+,38?,39+,41?,42?,44?,47-,52-/m0/s1. The maximum atomic E-state index is 14.2. The SMILES string of the molecule is CC(C)[C@H](C(=O)N1C[C@H](O)C[C@H]1C(=O)N[C@@H](C)c1ccc(C2CC2(F)F)cc1)c1cc(OCCN2CCC(OC3CC(Oc4cc(N5C6CC[C@@H]5CN(c5cc(-c7ccccc7O)nnc5N)C6)ccn4)C3)CC2)no1. The van der Waals surface area contributed by atoms with Gasteiger partial charge in [-0.05, 0) is 79.1 Å². The van der Waals surface area contributed by atoms with Gasteiger partial charge in [0.2, 0.25) is 17.7 Å². The van der Waals surface area contributed by atoms with Gasteiger partial charge in [-0.3, -0.25) is 14.5 Å². The number of fused-ring (bicyclic) bond motifs is 2. The van der Waals surface area contributed by atoms with E-state index in [1.807, 2.05) is 38.2 Å². The summed E-state index contributed by atoms with van der Waals surface area (Å²) in [6, 6.07) is 20.8. The van der Waals surface area contributed by atoms with Crippen molar-refractivity contribution in [3.63, 3.8) is 0 Å². The van der Waals surface area contributed by atoms with Crippen LogP contribution in [0.25, 0.3) is 11.3 Å². The van der Waals surface area contributed by atoms with E-state index >= 15 is 0 Å². The molecule has 404 valence electrons. The molecule has 7 atom stereocenters. The number of piperidine rings is 1. The predicted molar refractivity (Wildman–Crippen MR) is 278 cm³/mol. The molecule has 7 heterocycles. The Bertz CT molecular complexity index is 2850. The van der Waals surface area contributed by atoms with Crippen molar-refractivity contribution in [2.75, 3.05) is 61.4 Å². The first kappa shape index (κ1) is 51.5. The van der Waals surface area contributed by atoms with Gasteiger partial charge in [0.15, 0.2) is 11.6 Å². The van der Waals surface area contributed by atoms with E-state index in [1.54, 1.807) is 49.4 Å². The van der Waals surface area contributed by atoms with E-state index in [9.17, 15) is 28.6 Å². The van der Waals surface area contributed by atoms with E-state index in [0.717, 1.165) is 81.6 Å². The van der Waals surface area contributed by atoms with Gasteiger partial charge in [0.05, 0.1) is 41.7 Å². The molecule has 2 unspecified atom stereocenters. The molecule has 18 nitrogen and oxygen atoms in total. The van der Waals surface area contributed by atoms with Crippen LogP contribution in [0.4, 0.5) is 26.0 Å². The zero-order valence-corrected chi connectivity index (χ0v) is 43.2. The molecule has 20 heteroatoms. The number of carbonyl (C=O) groups is 2. The number of pyridine rings is 1. The molecule has 6 aliphatic rings. The fourth-order valence-corrected chi connectivity index (χ4v) is 12.0. The zero-order valence-electron chi connectivity index (χ0n) is 43.2. The second-order valence-electron chi connectivity index (χ2n) is 22.0. The number of carbonyl (C=O) groups excluding carboxylic acids is 2. The Labute approximate surface area is 440 Å². The van der Waals surface area contributed by atoms with Crippen LogP contribution in [0.15, 0.2) is 83.5 Å². The zero-order chi connectivity index (χ0) is 52.8. The fourth-order valence-electron chi connectivity index (χ4n) is 12.0. The number of aliphatic hydroxyl groups is 1. The van der Waals surface area contributed by atoms with Crippen molar-refractivity contribution in [2.45, 2.75) is 138 Å². The highest BCUT2D eigenvalue weighted by atomic mass is 19.3. The average molecular weight is 1050 g/mol. The summed E-state index contributed by atoms with van der Waals surface area (Å²) in [5.41, 5.74) is 10.8. The number of phenols is 1. The third kappa shape index (κ3) is 11.0. The Morgan fingerprint density at radius 1 is 0.895 bits per heavy atom. The number of anilines is 3. The molecule has 3 aromatic heterocycles. The van der Waals surface area contributed by atoms with Gasteiger partial charge >= 0.3 is 0 Å². The normalized spacial score (nSPS) is 26.0. The largest absolute Gasteiger partial charge is 0.507 e. The number of nitrogen functional groups attached to an aromatic ring is 1. The monoisotopic (exact) mass is 1050 g/mol. The Morgan fingerprint density at radius 3 is 2.34 bits per heavy atom. The highest BCUT2D eigenvalue weighted by Crippen LogP contribution is 2.55. The van der Waals surface area contributed by atoms with Crippen molar-refractivity contribution >= 4 is 29.0 Å². The van der Waals surface area contributed by atoms with Crippen molar-refractivity contribution in [3.8, 4) is 28.8 Å². The van der Waals surface area contributed by atoms with Crippen LogP contribution in [0.1, 0.15) is 107 Å². The molecule has 6 fully saturated rings. The van der Waals surface area contributed by atoms with E-state index in [-0.39, 0.29) is 73.2 Å². The quantitative estimate of drug-likeness (QED) is 0.0706. The van der Waals surface area contributed by atoms with Crippen LogP contribution < -0.4 is 30.3 Å². The number of alkyl halides is 2. The summed E-state index contributed by atoms with van der Waals surface area (Å²) < 4.78 is 51.8. The number of aromatic nitrogens is 4. The summed E-state index contributed by atoms with van der Waals surface area (Å²) in [6.07, 6.45) is 6.83. The van der Waals surface area contributed by atoms with Gasteiger partial charge in [-0.2, -0.15) is 0 Å². The molecule has 4 aliphatic heterocycles. The second-order valence-corrected chi connectivity index (χ2v) is 22.0. The van der Waals surface area contributed by atoms with Crippen LogP contribution >= 0.6 is 0 Å². The van der Waals surface area contributed by atoms with E-state index in [4.69, 9.17) is 24.5 Å². The summed E-state index contributed by atoms with van der Waals surface area (Å²) in [6.45, 7) is 9.95. The molecule has 0 radical (unpaired) electrons. The summed E-state index contributed by atoms with van der Waals surface area (Å²) in [7, 11) is 0. The molecule has 11 rings (SSSR count). The Balaban J connectivity index is 0.599. The molecular formula is C56H68F2N10O8. The lowest BCUT2D eigenvalue weighted by Crippen LogP contribution is -2.54. The number of rotatable bonds is 18. The van der Waals surface area contributed by atoms with Crippen LogP contribution in [-0.2, 0) is 14.3 Å². The fraction of sp³-hybridized carbons (Fsp3) is 0.536. The molecule has 5 aromatic rings. The summed E-state index contributed by atoms with van der Waals surface area (Å²) in [4.78, 5) is 41.0. The van der Waals surface area contributed by atoms with Crippen LogP contribution in [0.2, 0.25) is 0 Å². The number of halogens is 2. The van der Waals surface area contributed by atoms with Crippen LogP contribution in [0.3, 0.4) is 0 Å². The molecular weight excluding hydrogens is 979 g/mol. The summed E-state index contributed by atoms with van der Waals surface area (Å²) in [5, 5.41) is 36.7. The van der Waals surface area contributed by atoms with Gasteiger partial charge in [-0.25, -0.2) is 13.8 Å². The molecule has 2 aliphatic carbocycles. The Morgan fingerprint density at radius 2 is 1.63 bits per heavy atom. The summed E-state index contributed by atoms with van der Waals surface area (Å²) >= 11 is 0. The first-order valence-corrected chi connectivity index (χ1v) is 27.0. The highest BCUT2D eigenvalue weighted by Gasteiger charge is 2.57. The predicted octanol–water partition coefficient (Wildman–Crippen LogP) is 6.84. The van der Waals surface area contributed by atoms with Gasteiger partial charge in [-0.15, -0.1) is 10.2 Å². The Kier molecular flexibility index (Phi) is 14.5. The third-order valence-electron chi connectivity index (χ3n) is 16.4. The van der Waals surface area contributed by atoms with Crippen LogP contribution in [0.5, 0.6) is 17.5 Å². The third-order valence-corrected chi connectivity index (χ3v) is 16.4. The van der Waals surface area contributed by atoms with Crippen molar-refractivity contribution < 1.29 is 47.3 Å². The molecule has 2 aromatic carbocycles. The maximum Gasteiger partial charge on any atom is 0.255 e. The number of para-hydroxylation sites is 1. The molecule has 2 amide bonds. The average Bonchev–Trinajstić information content (AvgIpc) is 3.71. The van der Waals surface area contributed by atoms with E-state index in [1.165, 1.54) is 4.90 Å². The number of piperazine rings is 1. The first-order valence-electron chi connectivity index (χ1n) is 27.0. The number of aliphatic hydroxyl groups excluding tert-OH is 1. The van der Waals surface area contributed by atoms with Crippen molar-refractivity contribution in [3.05, 3.63) is 95.9 Å². The van der Waals surface area contributed by atoms with Gasteiger partial charge in [-0.1, -0.05) is 50.2 Å². The number of hydrogen-bond donors (Lipinski definition) is 4. The number of nitrogens with one attached hydrogen (secondary N) is 1. The lowest BCUT2D eigenvalue weighted by molar-refractivity contribution is -0.141. The number of ether oxygens (including phenoxy) is 3. The van der Waals surface area contributed by atoms with Crippen LogP contribution in [-0.4, -0.2) is 147 Å². The van der Waals surface area contributed by atoms with E-state index in [2.05, 4.69) is 52.5 Å². The van der Waals surface area contributed by atoms with Gasteiger partial charge in [0.1, 0.15) is 30.4 Å². The molecule has 4 saturated heterocycles. The van der Waals surface area contributed by atoms with Gasteiger partial charge in [0, 0.05) is 107 Å². The first-order chi connectivity index (χ1) is 36.6. The topological polar surface area (TPSA) is 218 Å². The highest BCUT2D eigenvalue weighted by molar-refractivity contribution is 5.91. The second kappa shape index (κ2) is 21.4. The van der Waals surface area contributed by atoms with Crippen molar-refractivity contribution in [1.82, 2.24) is 35.5 Å². The number of aromatic hydroxyl groups is 1.